The first-order valence-corrected chi connectivity index (χ1v) is 9.93. The van der Waals surface area contributed by atoms with Crippen molar-refractivity contribution < 1.29 is 0 Å². The molecule has 10 heteroatoms. The van der Waals surface area contributed by atoms with E-state index in [9.17, 15) is 0 Å². The van der Waals surface area contributed by atoms with E-state index in [0.717, 1.165) is 22.8 Å². The second-order valence-electron chi connectivity index (χ2n) is 5.87. The average Bonchev–Trinajstić information content (AvgIpc) is 3.16. The maximum absolute atomic E-state index is 5.91. The normalized spacial score (nSPS) is 12.0. The van der Waals surface area contributed by atoms with Crippen molar-refractivity contribution in [1.82, 2.24) is 29.7 Å². The Hall–Kier alpha value is -2.39. The summed E-state index contributed by atoms with van der Waals surface area (Å²) in [5.41, 5.74) is 1.15. The monoisotopic (exact) mass is 404 g/mol. The third kappa shape index (κ3) is 5.30. The lowest BCUT2D eigenvalue weighted by atomic mass is 10.2. The first kappa shape index (κ1) is 19.4. The molecule has 1 unspecified atom stereocenters. The fourth-order valence-electron chi connectivity index (χ4n) is 2.10. The van der Waals surface area contributed by atoms with Gasteiger partial charge < -0.3 is 10.6 Å². The van der Waals surface area contributed by atoms with E-state index in [1.165, 1.54) is 11.8 Å². The first-order valence-electron chi connectivity index (χ1n) is 8.57. The molecule has 142 valence electrons. The fourth-order valence-corrected chi connectivity index (χ4v) is 2.99. The number of hydrogen-bond donors (Lipinski definition) is 2. The van der Waals surface area contributed by atoms with Gasteiger partial charge in [-0.25, -0.2) is 4.98 Å². The Balaban J connectivity index is 1.74. The maximum Gasteiger partial charge on any atom is 0.258 e. The largest absolute Gasteiger partial charge is 0.357 e. The highest BCUT2D eigenvalue weighted by molar-refractivity contribution is 7.98. The second kappa shape index (κ2) is 9.01. The molecule has 0 aliphatic heterocycles. The molecule has 0 saturated carbocycles. The summed E-state index contributed by atoms with van der Waals surface area (Å²) in [6.07, 6.45) is 2.57. The third-order valence-electron chi connectivity index (χ3n) is 3.79. The quantitative estimate of drug-likeness (QED) is 0.549. The minimum absolute atomic E-state index is 0.256. The Bertz CT molecular complexity index is 883. The number of anilines is 2. The number of halogens is 1. The van der Waals surface area contributed by atoms with Gasteiger partial charge in [0.15, 0.2) is 0 Å². The standard InChI is InChI=1S/C17H21ClN8S/c1-4-11(2)21-15-22-14(19-3)23-16(24-15)26-10-20-17(25-26)27-9-12-5-7-13(18)8-6-12/h5-8,10-11H,4,9H2,1-3H3,(H2,19,21,22,23,24). The van der Waals surface area contributed by atoms with Crippen molar-refractivity contribution in [1.29, 1.82) is 0 Å². The van der Waals surface area contributed by atoms with Crippen LogP contribution < -0.4 is 10.6 Å². The van der Waals surface area contributed by atoms with Crippen LogP contribution in [0.4, 0.5) is 11.9 Å². The molecule has 0 aliphatic carbocycles. The number of aromatic nitrogens is 6. The van der Waals surface area contributed by atoms with Crippen molar-refractivity contribution in [2.75, 3.05) is 17.7 Å². The molecule has 2 N–H and O–H groups in total. The molecule has 0 spiro atoms. The summed E-state index contributed by atoms with van der Waals surface area (Å²) in [4.78, 5) is 17.5. The van der Waals surface area contributed by atoms with Gasteiger partial charge in [0, 0.05) is 23.9 Å². The minimum Gasteiger partial charge on any atom is -0.357 e. The Labute approximate surface area is 167 Å². The molecule has 2 aromatic heterocycles. The fraction of sp³-hybridized carbons (Fsp3) is 0.353. The van der Waals surface area contributed by atoms with Gasteiger partial charge in [-0.15, -0.1) is 5.10 Å². The van der Waals surface area contributed by atoms with Crippen LogP contribution >= 0.6 is 23.4 Å². The molecule has 0 amide bonds. The van der Waals surface area contributed by atoms with Gasteiger partial charge in [0.2, 0.25) is 17.1 Å². The van der Waals surface area contributed by atoms with E-state index >= 15 is 0 Å². The lowest BCUT2D eigenvalue weighted by molar-refractivity contribution is 0.735. The summed E-state index contributed by atoms with van der Waals surface area (Å²) in [5.74, 6) is 2.13. The van der Waals surface area contributed by atoms with E-state index in [1.807, 2.05) is 24.3 Å². The summed E-state index contributed by atoms with van der Waals surface area (Å²) in [7, 11) is 1.76. The highest BCUT2D eigenvalue weighted by Crippen LogP contribution is 2.21. The van der Waals surface area contributed by atoms with E-state index in [1.54, 1.807) is 18.1 Å². The van der Waals surface area contributed by atoms with Crippen LogP contribution in [-0.2, 0) is 5.75 Å². The predicted molar refractivity (Wildman–Crippen MR) is 109 cm³/mol. The number of thioether (sulfide) groups is 1. The van der Waals surface area contributed by atoms with E-state index < -0.39 is 0 Å². The molecule has 0 aliphatic rings. The van der Waals surface area contributed by atoms with Crippen LogP contribution in [0.2, 0.25) is 5.02 Å². The van der Waals surface area contributed by atoms with Crippen molar-refractivity contribution in [3.8, 4) is 5.95 Å². The van der Waals surface area contributed by atoms with Gasteiger partial charge in [0.05, 0.1) is 0 Å². The molecular formula is C17H21ClN8S. The molecule has 0 radical (unpaired) electrons. The number of nitrogens with one attached hydrogen (secondary N) is 2. The van der Waals surface area contributed by atoms with Gasteiger partial charge >= 0.3 is 0 Å². The molecule has 0 fully saturated rings. The number of rotatable bonds is 8. The number of nitrogens with zero attached hydrogens (tertiary/aromatic N) is 6. The zero-order chi connectivity index (χ0) is 19.2. The van der Waals surface area contributed by atoms with Crippen LogP contribution in [0, 0.1) is 0 Å². The van der Waals surface area contributed by atoms with Gasteiger partial charge in [0.25, 0.3) is 5.95 Å². The van der Waals surface area contributed by atoms with Crippen molar-refractivity contribution >= 4 is 35.3 Å². The molecule has 1 atom stereocenters. The van der Waals surface area contributed by atoms with E-state index in [0.29, 0.717) is 23.0 Å². The maximum atomic E-state index is 5.91. The Morgan fingerprint density at radius 1 is 1.15 bits per heavy atom. The minimum atomic E-state index is 0.256. The van der Waals surface area contributed by atoms with E-state index in [2.05, 4.69) is 49.5 Å². The molecule has 0 saturated heterocycles. The van der Waals surface area contributed by atoms with Gasteiger partial charge in [-0.3, -0.25) is 0 Å². The first-order chi connectivity index (χ1) is 13.1. The molecule has 0 bridgehead atoms. The van der Waals surface area contributed by atoms with Crippen LogP contribution in [0.3, 0.4) is 0 Å². The molecule has 3 aromatic rings. The van der Waals surface area contributed by atoms with E-state index in [4.69, 9.17) is 11.6 Å². The van der Waals surface area contributed by atoms with Crippen molar-refractivity contribution in [3.63, 3.8) is 0 Å². The van der Waals surface area contributed by atoms with Crippen molar-refractivity contribution in [3.05, 3.63) is 41.2 Å². The lowest BCUT2D eigenvalue weighted by Crippen LogP contribution is -2.18. The van der Waals surface area contributed by atoms with Crippen LogP contribution in [0.5, 0.6) is 0 Å². The van der Waals surface area contributed by atoms with Crippen LogP contribution in [0.1, 0.15) is 25.8 Å². The molecular weight excluding hydrogens is 384 g/mol. The average molecular weight is 405 g/mol. The third-order valence-corrected chi connectivity index (χ3v) is 4.97. The number of benzene rings is 1. The molecule has 27 heavy (non-hydrogen) atoms. The van der Waals surface area contributed by atoms with Gasteiger partial charge in [-0.1, -0.05) is 42.4 Å². The Kier molecular flexibility index (Phi) is 6.46. The lowest BCUT2D eigenvalue weighted by Gasteiger charge is -2.12. The van der Waals surface area contributed by atoms with Crippen LogP contribution in [-0.4, -0.2) is 42.8 Å². The molecule has 2 heterocycles. The van der Waals surface area contributed by atoms with Crippen molar-refractivity contribution in [2.45, 2.75) is 37.2 Å². The Morgan fingerprint density at radius 3 is 2.59 bits per heavy atom. The second-order valence-corrected chi connectivity index (χ2v) is 7.25. The summed E-state index contributed by atoms with van der Waals surface area (Å²) < 4.78 is 1.55. The smallest absolute Gasteiger partial charge is 0.258 e. The summed E-state index contributed by atoms with van der Waals surface area (Å²) >= 11 is 7.45. The summed E-state index contributed by atoms with van der Waals surface area (Å²) in [5, 5.41) is 12.0. The van der Waals surface area contributed by atoms with Crippen LogP contribution in [0.15, 0.2) is 35.7 Å². The molecule has 3 rings (SSSR count). The van der Waals surface area contributed by atoms with E-state index in [-0.39, 0.29) is 6.04 Å². The zero-order valence-corrected chi connectivity index (χ0v) is 16.9. The topological polar surface area (TPSA) is 93.4 Å². The highest BCUT2D eigenvalue weighted by Gasteiger charge is 2.11. The van der Waals surface area contributed by atoms with Gasteiger partial charge in [-0.05, 0) is 31.0 Å². The SMILES string of the molecule is CCC(C)Nc1nc(NC)nc(-n2cnc(SCc3ccc(Cl)cc3)n2)n1. The summed E-state index contributed by atoms with van der Waals surface area (Å²) in [6, 6.07) is 7.99. The van der Waals surface area contributed by atoms with Gasteiger partial charge in [-0.2, -0.15) is 19.6 Å². The number of hydrogen-bond acceptors (Lipinski definition) is 8. The van der Waals surface area contributed by atoms with Crippen LogP contribution in [0.25, 0.3) is 5.95 Å². The van der Waals surface area contributed by atoms with Crippen molar-refractivity contribution in [2.24, 2.45) is 0 Å². The Morgan fingerprint density at radius 2 is 1.89 bits per heavy atom. The molecule has 1 aromatic carbocycles. The van der Waals surface area contributed by atoms with Gasteiger partial charge in [0.1, 0.15) is 6.33 Å². The zero-order valence-electron chi connectivity index (χ0n) is 15.3. The summed E-state index contributed by atoms with van der Waals surface area (Å²) in [6.45, 7) is 4.17. The molecule has 8 nitrogen and oxygen atoms in total. The predicted octanol–water partition coefficient (Wildman–Crippen LogP) is 3.65. The highest BCUT2D eigenvalue weighted by atomic mass is 35.5.